The summed E-state index contributed by atoms with van der Waals surface area (Å²) in [6, 6.07) is 5.29. The molecular weight excluding hydrogens is 307 g/mol. The smallest absolute Gasteiger partial charge is 0.347 e. The van der Waals surface area contributed by atoms with Gasteiger partial charge in [-0.3, -0.25) is 0 Å². The molecule has 5 heteroatoms. The normalized spacial score (nSPS) is 12.0. The van der Waals surface area contributed by atoms with E-state index in [0.29, 0.717) is 22.5 Å². The summed E-state index contributed by atoms with van der Waals surface area (Å²) in [5.74, 6) is 0.240. The summed E-state index contributed by atoms with van der Waals surface area (Å²) in [6.07, 6.45) is -0.0248. The van der Waals surface area contributed by atoms with E-state index in [1.807, 2.05) is 13.0 Å². The second kappa shape index (κ2) is 6.87. The third-order valence-electron chi connectivity index (χ3n) is 2.27. The number of methoxy groups -OCH3 is 1. The number of benzene rings is 1. The third-order valence-corrected chi connectivity index (χ3v) is 3.25. The largest absolute Gasteiger partial charge is 0.479 e. The van der Waals surface area contributed by atoms with Crippen LogP contribution < -0.4 is 4.74 Å². The van der Waals surface area contributed by atoms with E-state index in [9.17, 15) is 4.79 Å². The Morgan fingerprint density at radius 3 is 2.76 bits per heavy atom. The molecule has 0 aliphatic carbocycles. The summed E-state index contributed by atoms with van der Waals surface area (Å²) in [6.45, 7) is 1.86. The maximum Gasteiger partial charge on any atom is 0.347 e. The van der Waals surface area contributed by atoms with E-state index in [-0.39, 0.29) is 5.97 Å². The van der Waals surface area contributed by atoms with Crippen LogP contribution in [0, 0.1) is 0 Å². The van der Waals surface area contributed by atoms with Crippen LogP contribution in [0.15, 0.2) is 18.2 Å². The van der Waals surface area contributed by atoms with E-state index in [0.717, 1.165) is 5.56 Å². The maximum absolute atomic E-state index is 11.4. The van der Waals surface area contributed by atoms with Crippen molar-refractivity contribution in [1.29, 1.82) is 0 Å². The number of halogens is 2. The molecule has 0 aromatic heterocycles. The van der Waals surface area contributed by atoms with Crippen LogP contribution in [0.5, 0.6) is 5.75 Å². The second-order valence-electron chi connectivity index (χ2n) is 3.42. The maximum atomic E-state index is 11.4. The van der Waals surface area contributed by atoms with Gasteiger partial charge in [0.25, 0.3) is 0 Å². The number of alkyl halides is 1. The molecule has 3 nitrogen and oxygen atoms in total. The van der Waals surface area contributed by atoms with Gasteiger partial charge in [-0.05, 0) is 30.2 Å². The zero-order valence-corrected chi connectivity index (χ0v) is 12.0. The van der Waals surface area contributed by atoms with Gasteiger partial charge in [-0.1, -0.05) is 34.5 Å². The fourth-order valence-electron chi connectivity index (χ4n) is 1.32. The zero-order valence-electron chi connectivity index (χ0n) is 9.70. The number of rotatable bonds is 5. The first-order valence-electron chi connectivity index (χ1n) is 5.21. The SMILES string of the molecule is CC[C@H](Oc1ccc(Cl)c(CBr)c1)C(=O)OC. The second-order valence-corrected chi connectivity index (χ2v) is 4.39. The Balaban J connectivity index is 2.83. The van der Waals surface area contributed by atoms with Crippen molar-refractivity contribution in [1.82, 2.24) is 0 Å². The van der Waals surface area contributed by atoms with Crippen molar-refractivity contribution in [2.75, 3.05) is 7.11 Å². The average Bonchev–Trinajstić information content (AvgIpc) is 2.36. The van der Waals surface area contributed by atoms with Gasteiger partial charge in [0.05, 0.1) is 7.11 Å². The van der Waals surface area contributed by atoms with Gasteiger partial charge in [-0.15, -0.1) is 0 Å². The third kappa shape index (κ3) is 3.89. The van der Waals surface area contributed by atoms with Crippen LogP contribution in [-0.2, 0) is 14.9 Å². The highest BCUT2D eigenvalue weighted by Crippen LogP contribution is 2.25. The van der Waals surface area contributed by atoms with Gasteiger partial charge in [0.2, 0.25) is 0 Å². The van der Waals surface area contributed by atoms with Crippen molar-refractivity contribution in [3.05, 3.63) is 28.8 Å². The van der Waals surface area contributed by atoms with E-state index >= 15 is 0 Å². The Morgan fingerprint density at radius 2 is 2.24 bits per heavy atom. The van der Waals surface area contributed by atoms with Crippen LogP contribution in [0.25, 0.3) is 0 Å². The molecule has 1 rings (SSSR count). The molecule has 1 aromatic carbocycles. The van der Waals surface area contributed by atoms with Crippen molar-refractivity contribution in [3.63, 3.8) is 0 Å². The first-order valence-corrected chi connectivity index (χ1v) is 6.71. The van der Waals surface area contributed by atoms with Gasteiger partial charge in [-0.25, -0.2) is 4.79 Å². The predicted octanol–water partition coefficient (Wildman–Crippen LogP) is 3.57. The minimum atomic E-state index is -0.579. The highest BCUT2D eigenvalue weighted by atomic mass is 79.9. The predicted molar refractivity (Wildman–Crippen MR) is 70.8 cm³/mol. The van der Waals surface area contributed by atoms with Gasteiger partial charge in [0.1, 0.15) is 5.75 Å². The molecule has 1 atom stereocenters. The molecule has 0 aliphatic heterocycles. The molecule has 0 unspecified atom stereocenters. The Bertz CT molecular complexity index is 395. The van der Waals surface area contributed by atoms with Crippen LogP contribution >= 0.6 is 27.5 Å². The van der Waals surface area contributed by atoms with Gasteiger partial charge >= 0.3 is 5.97 Å². The number of carbonyl (C=O) groups is 1. The average molecular weight is 322 g/mol. The van der Waals surface area contributed by atoms with Crippen LogP contribution in [0.3, 0.4) is 0 Å². The highest BCUT2D eigenvalue weighted by Gasteiger charge is 2.19. The van der Waals surface area contributed by atoms with E-state index in [1.54, 1.807) is 12.1 Å². The van der Waals surface area contributed by atoms with E-state index in [1.165, 1.54) is 7.11 Å². The summed E-state index contributed by atoms with van der Waals surface area (Å²) < 4.78 is 10.2. The lowest BCUT2D eigenvalue weighted by atomic mass is 10.2. The van der Waals surface area contributed by atoms with Crippen LogP contribution in [0.1, 0.15) is 18.9 Å². The fourth-order valence-corrected chi connectivity index (χ4v) is 2.13. The highest BCUT2D eigenvalue weighted by molar-refractivity contribution is 9.08. The molecule has 0 fully saturated rings. The first-order chi connectivity index (χ1) is 8.12. The molecule has 94 valence electrons. The molecule has 0 spiro atoms. The number of esters is 1. The number of hydrogen-bond acceptors (Lipinski definition) is 3. The summed E-state index contributed by atoms with van der Waals surface area (Å²) in [7, 11) is 1.35. The van der Waals surface area contributed by atoms with Gasteiger partial charge in [0.15, 0.2) is 6.10 Å². The Hall–Kier alpha value is -0.740. The zero-order chi connectivity index (χ0) is 12.8. The Kier molecular flexibility index (Phi) is 5.78. The molecule has 0 N–H and O–H groups in total. The molecule has 0 radical (unpaired) electrons. The van der Waals surface area contributed by atoms with Crippen molar-refractivity contribution in [3.8, 4) is 5.75 Å². The first kappa shape index (κ1) is 14.3. The van der Waals surface area contributed by atoms with Crippen molar-refractivity contribution >= 4 is 33.5 Å². The molecule has 0 bridgehead atoms. The summed E-state index contributed by atoms with van der Waals surface area (Å²) in [4.78, 5) is 11.4. The molecule has 0 saturated heterocycles. The van der Waals surface area contributed by atoms with E-state index in [4.69, 9.17) is 16.3 Å². The van der Waals surface area contributed by atoms with Crippen LogP contribution in [0.2, 0.25) is 5.02 Å². The lowest BCUT2D eigenvalue weighted by Crippen LogP contribution is -2.27. The van der Waals surface area contributed by atoms with Crippen LogP contribution in [-0.4, -0.2) is 19.2 Å². The number of hydrogen-bond donors (Lipinski definition) is 0. The molecular formula is C12H14BrClO3. The molecule has 0 saturated carbocycles. The van der Waals surface area contributed by atoms with Gasteiger partial charge in [-0.2, -0.15) is 0 Å². The van der Waals surface area contributed by atoms with Crippen molar-refractivity contribution < 1.29 is 14.3 Å². The number of carbonyl (C=O) groups excluding carboxylic acids is 1. The van der Waals surface area contributed by atoms with E-state index < -0.39 is 6.10 Å². The number of ether oxygens (including phenoxy) is 2. The van der Waals surface area contributed by atoms with Gasteiger partial charge in [0, 0.05) is 10.4 Å². The molecule has 0 aliphatic rings. The van der Waals surface area contributed by atoms with Crippen molar-refractivity contribution in [2.24, 2.45) is 0 Å². The monoisotopic (exact) mass is 320 g/mol. The fraction of sp³-hybridized carbons (Fsp3) is 0.417. The van der Waals surface area contributed by atoms with Crippen molar-refractivity contribution in [2.45, 2.75) is 24.8 Å². The topological polar surface area (TPSA) is 35.5 Å². The minimum absolute atomic E-state index is 0.372. The minimum Gasteiger partial charge on any atom is -0.479 e. The van der Waals surface area contributed by atoms with E-state index in [2.05, 4.69) is 20.7 Å². The lowest BCUT2D eigenvalue weighted by molar-refractivity contribution is -0.148. The molecule has 1 aromatic rings. The van der Waals surface area contributed by atoms with Gasteiger partial charge < -0.3 is 9.47 Å². The Morgan fingerprint density at radius 1 is 1.53 bits per heavy atom. The summed E-state index contributed by atoms with van der Waals surface area (Å²) in [5, 5.41) is 1.30. The van der Waals surface area contributed by atoms with Crippen LogP contribution in [0.4, 0.5) is 0 Å². The summed E-state index contributed by atoms with van der Waals surface area (Å²) >= 11 is 9.32. The molecule has 17 heavy (non-hydrogen) atoms. The standard InChI is InChI=1S/C12H14BrClO3/c1-3-11(12(15)16-2)17-9-4-5-10(14)8(6-9)7-13/h4-6,11H,3,7H2,1-2H3/t11-/m0/s1. The molecule has 0 heterocycles. The summed E-state index contributed by atoms with van der Waals surface area (Å²) in [5.41, 5.74) is 0.920. The molecule has 0 amide bonds. The quantitative estimate of drug-likeness (QED) is 0.614. The Labute approximate surface area is 114 Å². The lowest BCUT2D eigenvalue weighted by Gasteiger charge is -2.15.